The number of alkyl halides is 3. The van der Waals surface area contributed by atoms with Crippen molar-refractivity contribution in [3.63, 3.8) is 0 Å². The van der Waals surface area contributed by atoms with Crippen LogP contribution in [0.5, 0.6) is 11.5 Å². The Morgan fingerprint density at radius 1 is 1.06 bits per heavy atom. The van der Waals surface area contributed by atoms with Gasteiger partial charge in [0, 0.05) is 6.54 Å². The van der Waals surface area contributed by atoms with Crippen LogP contribution in [-0.4, -0.2) is 53.0 Å². The van der Waals surface area contributed by atoms with Gasteiger partial charge in [0.15, 0.2) is 0 Å². The summed E-state index contributed by atoms with van der Waals surface area (Å²) in [6.45, 7) is 2.52. The van der Waals surface area contributed by atoms with Crippen LogP contribution in [0.1, 0.15) is 13.8 Å². The summed E-state index contributed by atoms with van der Waals surface area (Å²) in [7, 11) is 0. The van der Waals surface area contributed by atoms with E-state index in [-0.39, 0.29) is 18.9 Å². The van der Waals surface area contributed by atoms with Gasteiger partial charge in [-0.3, -0.25) is 19.7 Å². The molecule has 2 aromatic rings. The van der Waals surface area contributed by atoms with Crippen molar-refractivity contribution in [1.82, 2.24) is 15.7 Å². The van der Waals surface area contributed by atoms with Crippen LogP contribution in [-0.2, 0) is 9.59 Å². The van der Waals surface area contributed by atoms with Gasteiger partial charge in [0.1, 0.15) is 23.6 Å². The first kappa shape index (κ1) is 24.8. The molecule has 9 nitrogen and oxygen atoms in total. The van der Waals surface area contributed by atoms with Crippen molar-refractivity contribution in [2.45, 2.75) is 25.7 Å². The summed E-state index contributed by atoms with van der Waals surface area (Å²) in [6.07, 6.45) is -4.77. The number of benzene rings is 2. The maximum absolute atomic E-state index is 12.4. The number of hydroxylamine groups is 1. The molecule has 182 valence electrons. The Hall–Kier alpha value is -3.80. The first-order valence-corrected chi connectivity index (χ1v) is 10.1. The Morgan fingerprint density at radius 3 is 2.03 bits per heavy atom. The molecule has 34 heavy (non-hydrogen) atoms. The van der Waals surface area contributed by atoms with Gasteiger partial charge in [0.2, 0.25) is 0 Å². The molecule has 1 heterocycles. The number of amides is 4. The number of ether oxygens (including phenoxy) is 2. The maximum atomic E-state index is 12.4. The fraction of sp³-hybridized carbons (Fsp3) is 0.318. The van der Waals surface area contributed by atoms with Crippen molar-refractivity contribution in [1.29, 1.82) is 0 Å². The number of hydrogen-bond acceptors (Lipinski definition) is 6. The van der Waals surface area contributed by atoms with Crippen molar-refractivity contribution in [2.24, 2.45) is 5.92 Å². The fourth-order valence-electron chi connectivity index (χ4n) is 3.30. The standard InChI is InChI=1S/C22H22F3N3O6/c1-21(2)19(30)28(20(31)26-21)11-15(18(29)27-32)12-33-16-7-3-13(4-8-16)14-5-9-17(10-6-14)34-22(23,24)25/h3-10,15,32H,11-12H2,1-2H3,(H,26,31)(H,27,29). The van der Waals surface area contributed by atoms with Crippen LogP contribution < -0.4 is 20.3 Å². The minimum absolute atomic E-state index is 0.243. The van der Waals surface area contributed by atoms with E-state index in [1.807, 2.05) is 0 Å². The minimum Gasteiger partial charge on any atom is -0.493 e. The van der Waals surface area contributed by atoms with Gasteiger partial charge in [-0.25, -0.2) is 10.3 Å². The van der Waals surface area contributed by atoms with Gasteiger partial charge in [-0.1, -0.05) is 24.3 Å². The number of imide groups is 1. The maximum Gasteiger partial charge on any atom is 0.573 e. The van der Waals surface area contributed by atoms with Gasteiger partial charge in [0.25, 0.3) is 11.8 Å². The number of urea groups is 1. The molecule has 0 spiro atoms. The van der Waals surface area contributed by atoms with E-state index in [1.54, 1.807) is 24.3 Å². The van der Waals surface area contributed by atoms with Crippen LogP contribution in [0.3, 0.4) is 0 Å². The van der Waals surface area contributed by atoms with Crippen LogP contribution >= 0.6 is 0 Å². The zero-order chi connectivity index (χ0) is 25.1. The number of rotatable bonds is 8. The Labute approximate surface area is 192 Å². The molecule has 1 saturated heterocycles. The average Bonchev–Trinajstić information content (AvgIpc) is 2.97. The number of nitrogens with one attached hydrogen (secondary N) is 2. The van der Waals surface area contributed by atoms with Crippen LogP contribution in [0.25, 0.3) is 11.1 Å². The third-order valence-corrected chi connectivity index (χ3v) is 5.06. The summed E-state index contributed by atoms with van der Waals surface area (Å²) in [4.78, 5) is 37.4. The second-order valence-corrected chi connectivity index (χ2v) is 8.05. The summed E-state index contributed by atoms with van der Waals surface area (Å²) in [5, 5.41) is 11.5. The molecule has 0 bridgehead atoms. The largest absolute Gasteiger partial charge is 0.573 e. The van der Waals surface area contributed by atoms with E-state index in [1.165, 1.54) is 43.6 Å². The Kier molecular flexibility index (Phi) is 7.01. The topological polar surface area (TPSA) is 117 Å². The Morgan fingerprint density at radius 2 is 1.59 bits per heavy atom. The predicted molar refractivity (Wildman–Crippen MR) is 112 cm³/mol. The SMILES string of the molecule is CC1(C)NC(=O)N(CC(COc2ccc(-c3ccc(OC(F)(F)F)cc3)cc2)C(=O)NO)C1=O. The van der Waals surface area contributed by atoms with Gasteiger partial charge in [-0.05, 0) is 49.2 Å². The highest BCUT2D eigenvalue weighted by atomic mass is 19.4. The lowest BCUT2D eigenvalue weighted by Gasteiger charge is -2.21. The molecule has 1 atom stereocenters. The van der Waals surface area contributed by atoms with E-state index in [2.05, 4.69) is 10.1 Å². The average molecular weight is 481 g/mol. The lowest BCUT2D eigenvalue weighted by molar-refractivity contribution is -0.274. The molecule has 0 aromatic heterocycles. The first-order valence-electron chi connectivity index (χ1n) is 10.1. The van der Waals surface area contributed by atoms with E-state index < -0.39 is 35.7 Å². The zero-order valence-electron chi connectivity index (χ0n) is 18.2. The third-order valence-electron chi connectivity index (χ3n) is 5.06. The lowest BCUT2D eigenvalue weighted by Crippen LogP contribution is -2.44. The normalized spacial score (nSPS) is 16.1. The number of hydrogen-bond donors (Lipinski definition) is 3. The van der Waals surface area contributed by atoms with E-state index in [4.69, 9.17) is 9.94 Å². The monoisotopic (exact) mass is 481 g/mol. The molecular formula is C22H22F3N3O6. The Bertz CT molecular complexity index is 1060. The molecule has 4 amide bonds. The molecule has 2 aromatic carbocycles. The molecule has 0 saturated carbocycles. The molecule has 3 rings (SSSR count). The van der Waals surface area contributed by atoms with Crippen molar-refractivity contribution in [3.05, 3.63) is 48.5 Å². The fourth-order valence-corrected chi connectivity index (χ4v) is 3.30. The highest BCUT2D eigenvalue weighted by Crippen LogP contribution is 2.28. The van der Waals surface area contributed by atoms with Crippen LogP contribution in [0.4, 0.5) is 18.0 Å². The molecule has 1 fully saturated rings. The lowest BCUT2D eigenvalue weighted by atomic mass is 10.1. The second-order valence-electron chi connectivity index (χ2n) is 8.05. The van der Waals surface area contributed by atoms with Crippen molar-refractivity contribution in [3.8, 4) is 22.6 Å². The summed E-state index contributed by atoms with van der Waals surface area (Å²) in [5.74, 6) is -2.37. The van der Waals surface area contributed by atoms with Crippen LogP contribution in [0.15, 0.2) is 48.5 Å². The van der Waals surface area contributed by atoms with E-state index in [0.29, 0.717) is 16.9 Å². The van der Waals surface area contributed by atoms with Gasteiger partial charge in [0.05, 0.1) is 5.92 Å². The Balaban J connectivity index is 1.64. The van der Waals surface area contributed by atoms with Crippen molar-refractivity contribution >= 4 is 17.8 Å². The number of nitrogens with zero attached hydrogens (tertiary/aromatic N) is 1. The van der Waals surface area contributed by atoms with Gasteiger partial charge in [-0.2, -0.15) is 0 Å². The smallest absolute Gasteiger partial charge is 0.493 e. The van der Waals surface area contributed by atoms with Crippen molar-refractivity contribution in [2.75, 3.05) is 13.2 Å². The predicted octanol–water partition coefficient (Wildman–Crippen LogP) is 3.08. The molecule has 1 unspecified atom stereocenters. The van der Waals surface area contributed by atoms with E-state index in [0.717, 1.165) is 4.90 Å². The highest BCUT2D eigenvalue weighted by Gasteiger charge is 2.45. The first-order chi connectivity index (χ1) is 15.9. The molecular weight excluding hydrogens is 459 g/mol. The van der Waals surface area contributed by atoms with Crippen molar-refractivity contribution < 1.29 is 42.2 Å². The minimum atomic E-state index is -4.77. The van der Waals surface area contributed by atoms with Gasteiger partial charge in [-0.15, -0.1) is 13.2 Å². The summed E-state index contributed by atoms with van der Waals surface area (Å²) >= 11 is 0. The number of carbonyl (C=O) groups is 3. The van der Waals surface area contributed by atoms with Gasteiger partial charge >= 0.3 is 12.4 Å². The van der Waals surface area contributed by atoms with Crippen LogP contribution in [0.2, 0.25) is 0 Å². The summed E-state index contributed by atoms with van der Waals surface area (Å²) < 4.78 is 46.3. The quantitative estimate of drug-likeness (QED) is 0.303. The number of carbonyl (C=O) groups excluding carboxylic acids is 3. The zero-order valence-corrected chi connectivity index (χ0v) is 18.2. The summed E-state index contributed by atoms with van der Waals surface area (Å²) in [6, 6.07) is 11.2. The summed E-state index contributed by atoms with van der Waals surface area (Å²) in [5.41, 5.74) is 1.73. The molecule has 0 aliphatic carbocycles. The van der Waals surface area contributed by atoms with E-state index in [9.17, 15) is 27.6 Å². The second kappa shape index (κ2) is 9.59. The van der Waals surface area contributed by atoms with E-state index >= 15 is 0 Å². The number of halogens is 3. The highest BCUT2D eigenvalue weighted by molar-refractivity contribution is 6.06. The molecule has 12 heteroatoms. The van der Waals surface area contributed by atoms with Gasteiger partial charge < -0.3 is 14.8 Å². The van der Waals surface area contributed by atoms with Crippen LogP contribution in [0, 0.1) is 5.92 Å². The molecule has 0 radical (unpaired) electrons. The third kappa shape index (κ3) is 5.95. The molecule has 1 aliphatic rings. The molecule has 3 N–H and O–H groups in total. The molecule has 1 aliphatic heterocycles.